The molecule has 2 rings (SSSR count). The van der Waals surface area contributed by atoms with Gasteiger partial charge < -0.3 is 10.7 Å². The molecule has 3 nitrogen and oxygen atoms in total. The lowest BCUT2D eigenvalue weighted by atomic mass is 10.2. The second-order valence-electron chi connectivity index (χ2n) is 2.76. The number of halogens is 1. The van der Waals surface area contributed by atoms with Gasteiger partial charge in [0.15, 0.2) is 0 Å². The Morgan fingerprint density at radius 1 is 1.46 bits per heavy atom. The molecule has 0 radical (unpaired) electrons. The van der Waals surface area contributed by atoms with Gasteiger partial charge in [-0.3, -0.25) is 4.79 Å². The zero-order valence-electron chi connectivity index (χ0n) is 6.67. The molecule has 1 aromatic carbocycles. The van der Waals surface area contributed by atoms with Crippen LogP contribution in [0, 0.1) is 0 Å². The van der Waals surface area contributed by atoms with Crippen LogP contribution in [0.5, 0.6) is 0 Å². The predicted octanol–water partition coefficient (Wildman–Crippen LogP) is 2.03. The maximum Gasteiger partial charge on any atom is 0.250 e. The van der Waals surface area contributed by atoms with Crippen molar-refractivity contribution in [2.75, 3.05) is 0 Å². The van der Waals surface area contributed by atoms with Gasteiger partial charge in [0.05, 0.1) is 5.56 Å². The van der Waals surface area contributed by atoms with Gasteiger partial charge >= 0.3 is 0 Å². The summed E-state index contributed by atoms with van der Waals surface area (Å²) < 4.78 is 0.933. The van der Waals surface area contributed by atoms with Gasteiger partial charge in [0.1, 0.15) is 0 Å². The molecule has 0 saturated carbocycles. The first-order valence-corrected chi connectivity index (χ1v) is 4.54. The number of H-pyrrole nitrogens is 1. The Kier molecular flexibility index (Phi) is 1.84. The lowest BCUT2D eigenvalue weighted by molar-refractivity contribution is 0.100. The summed E-state index contributed by atoms with van der Waals surface area (Å²) in [6.45, 7) is 0. The van der Waals surface area contributed by atoms with E-state index in [0.29, 0.717) is 5.56 Å². The maximum atomic E-state index is 11.0. The number of benzene rings is 1. The van der Waals surface area contributed by atoms with Crippen molar-refractivity contribution in [2.24, 2.45) is 5.73 Å². The van der Waals surface area contributed by atoms with E-state index in [9.17, 15) is 4.79 Å². The van der Waals surface area contributed by atoms with E-state index >= 15 is 0 Å². The van der Waals surface area contributed by atoms with Gasteiger partial charge in [-0.05, 0) is 18.2 Å². The van der Waals surface area contributed by atoms with E-state index in [0.717, 1.165) is 15.4 Å². The minimum absolute atomic E-state index is 0.413. The van der Waals surface area contributed by atoms with Gasteiger partial charge in [-0.1, -0.05) is 15.9 Å². The Labute approximate surface area is 83.1 Å². The summed E-state index contributed by atoms with van der Waals surface area (Å²) >= 11 is 3.33. The molecule has 2 aromatic rings. The average molecular weight is 239 g/mol. The SMILES string of the molecule is NC(=O)c1c[nH]c2ccc(Br)cc12. The summed E-state index contributed by atoms with van der Waals surface area (Å²) in [5, 5.41) is 0.849. The second-order valence-corrected chi connectivity index (χ2v) is 3.67. The van der Waals surface area contributed by atoms with E-state index in [1.165, 1.54) is 0 Å². The van der Waals surface area contributed by atoms with Crippen molar-refractivity contribution in [1.82, 2.24) is 4.98 Å². The molecule has 4 heteroatoms. The Morgan fingerprint density at radius 3 is 2.92 bits per heavy atom. The molecule has 1 aromatic heterocycles. The number of nitrogens with one attached hydrogen (secondary N) is 1. The first kappa shape index (κ1) is 8.31. The third-order valence-electron chi connectivity index (χ3n) is 1.91. The molecular formula is C9H7BrN2O. The van der Waals surface area contributed by atoms with Crippen LogP contribution in [-0.2, 0) is 0 Å². The van der Waals surface area contributed by atoms with Crippen LogP contribution in [0.1, 0.15) is 10.4 Å². The van der Waals surface area contributed by atoms with Crippen molar-refractivity contribution in [3.63, 3.8) is 0 Å². The number of nitrogens with two attached hydrogens (primary N) is 1. The number of aromatic nitrogens is 1. The number of fused-ring (bicyclic) bond motifs is 1. The number of hydrogen-bond donors (Lipinski definition) is 2. The molecule has 0 aliphatic heterocycles. The standard InChI is InChI=1S/C9H7BrN2O/c10-5-1-2-8-6(3-5)7(4-12-8)9(11)13/h1-4,12H,(H2,11,13). The van der Waals surface area contributed by atoms with Crippen molar-refractivity contribution >= 4 is 32.7 Å². The Morgan fingerprint density at radius 2 is 2.23 bits per heavy atom. The zero-order chi connectivity index (χ0) is 9.42. The van der Waals surface area contributed by atoms with Crippen molar-refractivity contribution in [2.45, 2.75) is 0 Å². The summed E-state index contributed by atoms with van der Waals surface area (Å²) in [6.07, 6.45) is 1.62. The molecule has 1 heterocycles. The topological polar surface area (TPSA) is 58.9 Å². The number of carbonyl (C=O) groups is 1. The third kappa shape index (κ3) is 1.33. The van der Waals surface area contributed by atoms with Crippen LogP contribution >= 0.6 is 15.9 Å². The van der Waals surface area contributed by atoms with E-state index < -0.39 is 5.91 Å². The number of amides is 1. The van der Waals surface area contributed by atoms with Crippen LogP contribution in [0.2, 0.25) is 0 Å². The van der Waals surface area contributed by atoms with Crippen LogP contribution in [0.25, 0.3) is 10.9 Å². The van der Waals surface area contributed by atoms with Gasteiger partial charge in [0.2, 0.25) is 0 Å². The van der Waals surface area contributed by atoms with Crippen LogP contribution in [0.15, 0.2) is 28.9 Å². The molecule has 0 fully saturated rings. The Balaban J connectivity index is 2.79. The molecular weight excluding hydrogens is 232 g/mol. The van der Waals surface area contributed by atoms with Crippen LogP contribution in [0.4, 0.5) is 0 Å². The van der Waals surface area contributed by atoms with E-state index in [1.807, 2.05) is 18.2 Å². The number of primary amides is 1. The summed E-state index contributed by atoms with van der Waals surface area (Å²) in [5.74, 6) is -0.413. The summed E-state index contributed by atoms with van der Waals surface area (Å²) in [6, 6.07) is 5.67. The minimum Gasteiger partial charge on any atom is -0.366 e. The molecule has 3 N–H and O–H groups in total. The lowest BCUT2D eigenvalue weighted by Crippen LogP contribution is -2.09. The fourth-order valence-corrected chi connectivity index (χ4v) is 1.66. The van der Waals surface area contributed by atoms with Crippen LogP contribution < -0.4 is 5.73 Å². The monoisotopic (exact) mass is 238 g/mol. The largest absolute Gasteiger partial charge is 0.366 e. The van der Waals surface area contributed by atoms with Crippen molar-refractivity contribution in [3.8, 4) is 0 Å². The minimum atomic E-state index is -0.413. The normalized spacial score (nSPS) is 10.5. The summed E-state index contributed by atoms with van der Waals surface area (Å²) in [5.41, 5.74) is 6.64. The molecule has 66 valence electrons. The van der Waals surface area contributed by atoms with Gasteiger partial charge in [0, 0.05) is 21.6 Å². The highest BCUT2D eigenvalue weighted by atomic mass is 79.9. The number of rotatable bonds is 1. The van der Waals surface area contributed by atoms with Gasteiger partial charge in [0.25, 0.3) is 5.91 Å². The molecule has 0 unspecified atom stereocenters. The van der Waals surface area contributed by atoms with Gasteiger partial charge in [-0.2, -0.15) is 0 Å². The second kappa shape index (κ2) is 2.88. The fourth-order valence-electron chi connectivity index (χ4n) is 1.30. The molecule has 0 spiro atoms. The summed E-state index contributed by atoms with van der Waals surface area (Å²) in [7, 11) is 0. The van der Waals surface area contributed by atoms with Gasteiger partial charge in [-0.25, -0.2) is 0 Å². The smallest absolute Gasteiger partial charge is 0.250 e. The molecule has 13 heavy (non-hydrogen) atoms. The van der Waals surface area contributed by atoms with Crippen molar-refractivity contribution in [3.05, 3.63) is 34.4 Å². The number of carbonyl (C=O) groups excluding carboxylic acids is 1. The highest BCUT2D eigenvalue weighted by molar-refractivity contribution is 9.10. The van der Waals surface area contributed by atoms with E-state index in [2.05, 4.69) is 20.9 Å². The summed E-state index contributed by atoms with van der Waals surface area (Å²) in [4.78, 5) is 13.9. The molecule has 1 amide bonds. The average Bonchev–Trinajstić information content (AvgIpc) is 2.46. The molecule has 0 saturated heterocycles. The van der Waals surface area contributed by atoms with Gasteiger partial charge in [-0.15, -0.1) is 0 Å². The quantitative estimate of drug-likeness (QED) is 0.785. The predicted molar refractivity (Wildman–Crippen MR) is 54.5 cm³/mol. The lowest BCUT2D eigenvalue weighted by Gasteiger charge is -1.93. The number of hydrogen-bond acceptors (Lipinski definition) is 1. The highest BCUT2D eigenvalue weighted by Crippen LogP contribution is 2.22. The fraction of sp³-hybridized carbons (Fsp3) is 0. The van der Waals surface area contributed by atoms with Crippen molar-refractivity contribution < 1.29 is 4.79 Å². The van der Waals surface area contributed by atoms with Crippen LogP contribution in [0.3, 0.4) is 0 Å². The Bertz CT molecular complexity index is 475. The van der Waals surface area contributed by atoms with Crippen LogP contribution in [-0.4, -0.2) is 10.9 Å². The van der Waals surface area contributed by atoms with E-state index in [-0.39, 0.29) is 0 Å². The first-order chi connectivity index (χ1) is 6.18. The maximum absolute atomic E-state index is 11.0. The highest BCUT2D eigenvalue weighted by Gasteiger charge is 2.07. The van der Waals surface area contributed by atoms with Crippen molar-refractivity contribution in [1.29, 1.82) is 0 Å². The third-order valence-corrected chi connectivity index (χ3v) is 2.40. The Hall–Kier alpha value is -1.29. The van der Waals surface area contributed by atoms with E-state index in [4.69, 9.17) is 5.73 Å². The molecule has 0 aliphatic rings. The molecule has 0 bridgehead atoms. The van der Waals surface area contributed by atoms with E-state index in [1.54, 1.807) is 6.20 Å². The zero-order valence-corrected chi connectivity index (χ0v) is 8.26. The molecule has 0 atom stereocenters. The first-order valence-electron chi connectivity index (χ1n) is 3.75. The molecule has 0 aliphatic carbocycles. The number of aromatic amines is 1.